The van der Waals surface area contributed by atoms with Crippen molar-refractivity contribution in [2.24, 2.45) is 17.8 Å². The normalized spacial score (nSPS) is 28.2. The molecule has 0 radical (unpaired) electrons. The number of imide groups is 1. The number of phenols is 1. The summed E-state index contributed by atoms with van der Waals surface area (Å²) in [5.41, 5.74) is 3.63. The number of carbonyl (C=O) groups is 2. The van der Waals surface area contributed by atoms with Gasteiger partial charge in [-0.05, 0) is 67.3 Å². The van der Waals surface area contributed by atoms with E-state index >= 15 is 0 Å². The van der Waals surface area contributed by atoms with Gasteiger partial charge in [-0.15, -0.1) is 0 Å². The topological polar surface area (TPSA) is 90.3 Å². The molecule has 2 aromatic rings. The van der Waals surface area contributed by atoms with Gasteiger partial charge in [-0.1, -0.05) is 58.8 Å². The van der Waals surface area contributed by atoms with E-state index < -0.39 is 25.1 Å². The first-order valence-corrected chi connectivity index (χ1v) is 14.8. The van der Waals surface area contributed by atoms with E-state index in [2.05, 4.69) is 33.0 Å². The molecule has 7 nitrogen and oxygen atoms in total. The molecule has 2 aromatic carbocycles. The predicted molar refractivity (Wildman–Crippen MR) is 151 cm³/mol. The third-order valence-corrected chi connectivity index (χ3v) is 9.67. The van der Waals surface area contributed by atoms with E-state index in [0.717, 1.165) is 48.0 Å². The molecule has 204 valence electrons. The molecular weight excluding hydrogens is 559 g/mol. The molecule has 4 aliphatic rings. The maximum absolute atomic E-state index is 14.0. The Kier molecular flexibility index (Phi) is 7.44. The minimum Gasteiger partial charge on any atom is -0.508 e. The maximum Gasteiger partial charge on any atom is 0.487 e. The van der Waals surface area contributed by atoms with Crippen LogP contribution in [0, 0.1) is 17.8 Å². The van der Waals surface area contributed by atoms with Crippen LogP contribution in [0.1, 0.15) is 56.3 Å². The van der Waals surface area contributed by atoms with Gasteiger partial charge in [0.25, 0.3) is 0 Å². The summed E-state index contributed by atoms with van der Waals surface area (Å²) >= 11 is 3.46. The van der Waals surface area contributed by atoms with Crippen LogP contribution < -0.4 is 0 Å². The quantitative estimate of drug-likeness (QED) is 0.389. The van der Waals surface area contributed by atoms with Crippen LogP contribution in [-0.2, 0) is 20.8 Å². The van der Waals surface area contributed by atoms with E-state index in [1.807, 2.05) is 25.1 Å². The van der Waals surface area contributed by atoms with E-state index in [0.29, 0.717) is 24.8 Å². The summed E-state index contributed by atoms with van der Waals surface area (Å²) in [4.78, 5) is 31.8. The largest absolute Gasteiger partial charge is 0.508 e. The number of halogens is 1. The first-order valence-electron chi connectivity index (χ1n) is 14.0. The number of carbonyl (C=O) groups excluding carboxylic acids is 2. The lowest BCUT2D eigenvalue weighted by Crippen LogP contribution is -2.48. The van der Waals surface area contributed by atoms with Crippen LogP contribution in [0.3, 0.4) is 0 Å². The Hall–Kier alpha value is -2.46. The zero-order chi connectivity index (χ0) is 27.3. The van der Waals surface area contributed by atoms with Crippen LogP contribution in [0.15, 0.2) is 64.0 Å². The Labute approximate surface area is 238 Å². The van der Waals surface area contributed by atoms with Crippen LogP contribution in [0.25, 0.3) is 0 Å². The average Bonchev–Trinajstić information content (AvgIpc) is 3.19. The minimum atomic E-state index is -1.17. The van der Waals surface area contributed by atoms with E-state index in [-0.39, 0.29) is 29.5 Å². The van der Waals surface area contributed by atoms with Crippen molar-refractivity contribution in [1.82, 2.24) is 9.80 Å². The molecular formula is C30H34BBrN2O5. The van der Waals surface area contributed by atoms with Crippen LogP contribution in [0.2, 0.25) is 0 Å². The number of benzene rings is 2. The molecule has 3 heterocycles. The fraction of sp³-hybridized carbons (Fsp3) is 0.467. The number of fused-ring (bicyclic) bond motifs is 3. The molecule has 39 heavy (non-hydrogen) atoms. The average molecular weight is 593 g/mol. The second kappa shape index (κ2) is 10.8. The smallest absolute Gasteiger partial charge is 0.487 e. The van der Waals surface area contributed by atoms with Gasteiger partial charge in [0.05, 0.1) is 17.9 Å². The number of amides is 2. The molecule has 9 heteroatoms. The summed E-state index contributed by atoms with van der Waals surface area (Å²) in [6.07, 6.45) is 2.59. The van der Waals surface area contributed by atoms with Gasteiger partial charge >= 0.3 is 7.12 Å². The number of aromatic hydroxyl groups is 1. The molecule has 0 saturated carbocycles. The number of allylic oxidation sites excluding steroid dienone is 2. The molecule has 1 aliphatic carbocycles. The van der Waals surface area contributed by atoms with Gasteiger partial charge in [-0.25, -0.2) is 0 Å². The molecule has 0 aromatic heterocycles. The number of nitrogens with zero attached hydrogens (tertiary/aromatic N) is 2. The van der Waals surface area contributed by atoms with Gasteiger partial charge < -0.3 is 14.8 Å². The summed E-state index contributed by atoms with van der Waals surface area (Å²) in [5.74, 6) is -1.27. The lowest BCUT2D eigenvalue weighted by atomic mass is 9.55. The Morgan fingerprint density at radius 3 is 2.51 bits per heavy atom. The summed E-state index contributed by atoms with van der Waals surface area (Å²) < 4.78 is 6.82. The zero-order valence-corrected chi connectivity index (χ0v) is 23.7. The number of piperidine rings is 1. The maximum atomic E-state index is 14.0. The highest BCUT2D eigenvalue weighted by molar-refractivity contribution is 9.10. The number of hydrogen-bond acceptors (Lipinski definition) is 6. The SMILES string of the molecule is CCC1=C2B(O)O[C@H](c3cc(Br)ccc3O)C[C@H]2[C@H]2C(=O)N(C3CCN(Cc4ccccc4)CC3)C(=O)[C@H]2C1. The van der Waals surface area contributed by atoms with Crippen molar-refractivity contribution in [3.63, 3.8) is 0 Å². The van der Waals surface area contributed by atoms with Crippen molar-refractivity contribution in [1.29, 1.82) is 0 Å². The van der Waals surface area contributed by atoms with E-state index in [1.165, 1.54) is 5.56 Å². The molecule has 4 atom stereocenters. The second-order valence-electron chi connectivity index (χ2n) is 11.3. The third-order valence-electron chi connectivity index (χ3n) is 9.18. The molecule has 3 saturated heterocycles. The molecule has 3 fully saturated rings. The van der Waals surface area contributed by atoms with Crippen molar-refractivity contribution >= 4 is 34.9 Å². The van der Waals surface area contributed by atoms with Gasteiger partial charge in [0, 0.05) is 35.7 Å². The number of likely N-dealkylation sites (tertiary alicyclic amines) is 2. The van der Waals surface area contributed by atoms with Gasteiger partial charge in [-0.2, -0.15) is 0 Å². The Balaban J connectivity index is 1.23. The van der Waals surface area contributed by atoms with Crippen molar-refractivity contribution in [3.8, 4) is 5.75 Å². The number of phenolic OH excluding ortho intramolecular Hbond substituents is 1. The lowest BCUT2D eigenvalue weighted by Gasteiger charge is -2.42. The molecule has 0 spiro atoms. The van der Waals surface area contributed by atoms with Gasteiger partial charge in [0.2, 0.25) is 11.8 Å². The highest BCUT2D eigenvalue weighted by Crippen LogP contribution is 2.53. The molecule has 2 N–H and O–H groups in total. The first-order chi connectivity index (χ1) is 18.9. The van der Waals surface area contributed by atoms with Crippen molar-refractivity contribution in [2.75, 3.05) is 13.1 Å². The zero-order valence-electron chi connectivity index (χ0n) is 22.1. The monoisotopic (exact) mass is 592 g/mol. The van der Waals surface area contributed by atoms with Crippen molar-refractivity contribution in [2.45, 2.75) is 57.7 Å². The standard InChI is InChI=1S/C30H34BBrN2O5/c1-2-19-14-24-27(23-16-26(39-31(38)28(19)23)22-15-20(32)8-9-25(22)35)30(37)34(29(24)36)21-10-12-33(13-11-21)17-18-6-4-3-5-7-18/h3-9,15,21,23-24,26-27,35,38H,2,10-14,16-17H2,1H3/t23-,24-,26-,27+/m0/s1. The molecule has 0 bridgehead atoms. The lowest BCUT2D eigenvalue weighted by molar-refractivity contribution is -0.144. The highest BCUT2D eigenvalue weighted by atomic mass is 79.9. The van der Waals surface area contributed by atoms with E-state index in [9.17, 15) is 19.7 Å². The Morgan fingerprint density at radius 2 is 1.79 bits per heavy atom. The number of rotatable bonds is 5. The Morgan fingerprint density at radius 1 is 1.05 bits per heavy atom. The second-order valence-corrected chi connectivity index (χ2v) is 12.2. The third kappa shape index (κ3) is 4.88. The first kappa shape index (κ1) is 26.8. The summed E-state index contributed by atoms with van der Waals surface area (Å²) in [6, 6.07) is 15.4. The molecule has 2 amide bonds. The number of hydrogen-bond donors (Lipinski definition) is 2. The fourth-order valence-electron chi connectivity index (χ4n) is 7.29. The predicted octanol–water partition coefficient (Wildman–Crippen LogP) is 4.63. The fourth-order valence-corrected chi connectivity index (χ4v) is 7.67. The summed E-state index contributed by atoms with van der Waals surface area (Å²) in [6.45, 7) is 4.59. The minimum absolute atomic E-state index is 0.0562. The van der Waals surface area contributed by atoms with Crippen LogP contribution in [0.4, 0.5) is 0 Å². The van der Waals surface area contributed by atoms with Gasteiger partial charge in [-0.3, -0.25) is 19.4 Å². The highest BCUT2D eigenvalue weighted by Gasteiger charge is 2.58. The van der Waals surface area contributed by atoms with Crippen LogP contribution >= 0.6 is 15.9 Å². The van der Waals surface area contributed by atoms with Gasteiger partial charge in [0.1, 0.15) is 5.75 Å². The van der Waals surface area contributed by atoms with Crippen LogP contribution in [-0.4, -0.2) is 58.0 Å². The summed E-state index contributed by atoms with van der Waals surface area (Å²) in [7, 11) is -1.17. The summed E-state index contributed by atoms with van der Waals surface area (Å²) in [5, 5.41) is 21.7. The Bertz CT molecular complexity index is 1300. The molecule has 3 aliphatic heterocycles. The van der Waals surface area contributed by atoms with E-state index in [1.54, 1.807) is 23.1 Å². The van der Waals surface area contributed by atoms with E-state index in [4.69, 9.17) is 4.65 Å². The van der Waals surface area contributed by atoms with Crippen molar-refractivity contribution < 1.29 is 24.4 Å². The van der Waals surface area contributed by atoms with Crippen LogP contribution in [0.5, 0.6) is 5.75 Å². The molecule has 0 unspecified atom stereocenters. The van der Waals surface area contributed by atoms with Gasteiger partial charge in [0.15, 0.2) is 0 Å². The molecule has 6 rings (SSSR count). The van der Waals surface area contributed by atoms with Crippen molar-refractivity contribution in [3.05, 3.63) is 75.2 Å².